The minimum absolute atomic E-state index is 0.845. The lowest BCUT2D eigenvalue weighted by atomic mass is 10.2. The molecule has 1 aromatic carbocycles. The molecule has 0 unspecified atom stereocenters. The van der Waals surface area contributed by atoms with Gasteiger partial charge >= 0.3 is 0 Å². The number of rotatable bonds is 6. The summed E-state index contributed by atoms with van der Waals surface area (Å²) >= 11 is 0. The van der Waals surface area contributed by atoms with Crippen LogP contribution in [0, 0.1) is 6.92 Å². The molecule has 1 N–H and O–H groups in total. The van der Waals surface area contributed by atoms with Gasteiger partial charge in [0, 0.05) is 31.4 Å². The number of aromatic nitrogens is 2. The Bertz CT molecular complexity index is 517. The molecule has 0 aliphatic carbocycles. The molecular weight excluding hydrogens is 238 g/mol. The van der Waals surface area contributed by atoms with Gasteiger partial charge in [-0.2, -0.15) is 5.10 Å². The summed E-state index contributed by atoms with van der Waals surface area (Å²) in [6.07, 6.45) is 2.11. The van der Waals surface area contributed by atoms with Gasteiger partial charge in [0.25, 0.3) is 0 Å². The van der Waals surface area contributed by atoms with Crippen molar-refractivity contribution < 1.29 is 4.74 Å². The van der Waals surface area contributed by atoms with Crippen molar-refractivity contribution >= 4 is 0 Å². The van der Waals surface area contributed by atoms with Crippen LogP contribution in [0.25, 0.3) is 0 Å². The fraction of sp³-hybridized carbons (Fsp3) is 0.400. The molecule has 0 saturated carbocycles. The van der Waals surface area contributed by atoms with Gasteiger partial charge in [-0.3, -0.25) is 4.68 Å². The summed E-state index contributed by atoms with van der Waals surface area (Å²) in [7, 11) is 1.68. The smallest absolute Gasteiger partial charge is 0.118 e. The Balaban J connectivity index is 1.86. The van der Waals surface area contributed by atoms with Gasteiger partial charge in [0.1, 0.15) is 5.75 Å². The van der Waals surface area contributed by atoms with Crippen LogP contribution in [-0.4, -0.2) is 16.9 Å². The predicted octanol–water partition coefficient (Wildman–Crippen LogP) is 2.51. The van der Waals surface area contributed by atoms with Gasteiger partial charge in [0.05, 0.1) is 12.8 Å². The molecule has 4 heteroatoms. The average Bonchev–Trinajstić information content (AvgIpc) is 2.80. The largest absolute Gasteiger partial charge is 0.497 e. The molecule has 1 heterocycles. The van der Waals surface area contributed by atoms with Crippen LogP contribution in [0.2, 0.25) is 0 Å². The highest BCUT2D eigenvalue weighted by molar-refractivity contribution is 5.27. The van der Waals surface area contributed by atoms with E-state index in [1.165, 1.54) is 11.1 Å². The van der Waals surface area contributed by atoms with E-state index in [0.717, 1.165) is 31.1 Å². The van der Waals surface area contributed by atoms with E-state index in [4.69, 9.17) is 4.74 Å². The van der Waals surface area contributed by atoms with E-state index in [1.54, 1.807) is 7.11 Å². The number of nitrogens with one attached hydrogen (secondary N) is 1. The Kier molecular flexibility index (Phi) is 4.58. The molecule has 0 saturated heterocycles. The summed E-state index contributed by atoms with van der Waals surface area (Å²) in [4.78, 5) is 0. The van der Waals surface area contributed by atoms with E-state index in [-0.39, 0.29) is 0 Å². The number of aryl methyl sites for hydroxylation is 2. The molecule has 102 valence electrons. The molecule has 19 heavy (non-hydrogen) atoms. The van der Waals surface area contributed by atoms with E-state index in [9.17, 15) is 0 Å². The van der Waals surface area contributed by atoms with Crippen LogP contribution in [-0.2, 0) is 19.6 Å². The number of nitrogens with zero attached hydrogens (tertiary/aromatic N) is 2. The lowest BCUT2D eigenvalue weighted by Gasteiger charge is -2.05. The molecule has 2 rings (SSSR count). The maximum Gasteiger partial charge on any atom is 0.118 e. The monoisotopic (exact) mass is 259 g/mol. The van der Waals surface area contributed by atoms with Crippen LogP contribution in [0.1, 0.15) is 23.7 Å². The molecule has 0 bridgehead atoms. The molecule has 2 aromatic rings. The van der Waals surface area contributed by atoms with E-state index >= 15 is 0 Å². The van der Waals surface area contributed by atoms with Crippen LogP contribution in [0.15, 0.2) is 30.5 Å². The van der Waals surface area contributed by atoms with Gasteiger partial charge in [-0.1, -0.05) is 12.1 Å². The fourth-order valence-electron chi connectivity index (χ4n) is 1.98. The average molecular weight is 259 g/mol. The number of hydrogen-bond acceptors (Lipinski definition) is 3. The summed E-state index contributed by atoms with van der Waals surface area (Å²) in [5.41, 5.74) is 3.61. The molecule has 1 aromatic heterocycles. The Morgan fingerprint density at radius 2 is 1.95 bits per heavy atom. The summed E-state index contributed by atoms with van der Waals surface area (Å²) in [5, 5.41) is 7.88. The third-order valence-corrected chi connectivity index (χ3v) is 3.18. The number of hydrogen-bond donors (Lipinski definition) is 1. The third kappa shape index (κ3) is 3.58. The van der Waals surface area contributed by atoms with Crippen molar-refractivity contribution in [3.05, 3.63) is 47.3 Å². The molecule has 0 amide bonds. The highest BCUT2D eigenvalue weighted by atomic mass is 16.5. The summed E-state index contributed by atoms with van der Waals surface area (Å²) in [6, 6.07) is 8.12. The summed E-state index contributed by atoms with van der Waals surface area (Å²) in [6.45, 7) is 6.76. The van der Waals surface area contributed by atoms with Crippen LogP contribution in [0.3, 0.4) is 0 Å². The van der Waals surface area contributed by atoms with Gasteiger partial charge in [0.15, 0.2) is 0 Å². The van der Waals surface area contributed by atoms with Crippen molar-refractivity contribution in [1.82, 2.24) is 15.1 Å². The molecule has 0 fully saturated rings. The first-order valence-electron chi connectivity index (χ1n) is 6.59. The second-order valence-corrected chi connectivity index (χ2v) is 4.55. The van der Waals surface area contributed by atoms with Crippen molar-refractivity contribution in [2.45, 2.75) is 33.5 Å². The molecule has 0 radical (unpaired) electrons. The molecule has 0 aliphatic rings. The van der Waals surface area contributed by atoms with Crippen molar-refractivity contribution in [3.63, 3.8) is 0 Å². The maximum atomic E-state index is 5.14. The van der Waals surface area contributed by atoms with Crippen molar-refractivity contribution in [3.8, 4) is 5.75 Å². The van der Waals surface area contributed by atoms with E-state index in [0.29, 0.717) is 0 Å². The number of ether oxygens (including phenoxy) is 1. The van der Waals surface area contributed by atoms with Crippen molar-refractivity contribution in [2.75, 3.05) is 7.11 Å². The summed E-state index contributed by atoms with van der Waals surface area (Å²) < 4.78 is 7.11. The molecule has 0 atom stereocenters. The Labute approximate surface area is 114 Å². The highest BCUT2D eigenvalue weighted by Gasteiger charge is 2.03. The Morgan fingerprint density at radius 3 is 2.53 bits per heavy atom. The van der Waals surface area contributed by atoms with E-state index in [2.05, 4.69) is 42.6 Å². The van der Waals surface area contributed by atoms with Gasteiger partial charge in [-0.15, -0.1) is 0 Å². The third-order valence-electron chi connectivity index (χ3n) is 3.18. The topological polar surface area (TPSA) is 39.1 Å². The normalized spacial score (nSPS) is 10.7. The van der Waals surface area contributed by atoms with Gasteiger partial charge in [-0.05, 0) is 31.5 Å². The highest BCUT2D eigenvalue weighted by Crippen LogP contribution is 2.11. The zero-order valence-electron chi connectivity index (χ0n) is 11.8. The van der Waals surface area contributed by atoms with Crippen LogP contribution < -0.4 is 10.1 Å². The first-order valence-corrected chi connectivity index (χ1v) is 6.59. The Hall–Kier alpha value is -1.81. The standard InChI is InChI=1S/C15H21N3O/c1-4-18-11-14(12(2)17-18)10-16-9-13-5-7-15(19-3)8-6-13/h5-8,11,16H,4,9-10H2,1-3H3. The van der Waals surface area contributed by atoms with Crippen LogP contribution in [0.4, 0.5) is 0 Å². The van der Waals surface area contributed by atoms with Crippen molar-refractivity contribution in [2.24, 2.45) is 0 Å². The van der Waals surface area contributed by atoms with Crippen molar-refractivity contribution in [1.29, 1.82) is 0 Å². The quantitative estimate of drug-likeness (QED) is 0.866. The second-order valence-electron chi connectivity index (χ2n) is 4.55. The predicted molar refractivity (Wildman–Crippen MR) is 76.2 cm³/mol. The minimum atomic E-state index is 0.845. The Morgan fingerprint density at radius 1 is 1.21 bits per heavy atom. The number of methoxy groups -OCH3 is 1. The maximum absolute atomic E-state index is 5.14. The van der Waals surface area contributed by atoms with Crippen LogP contribution >= 0.6 is 0 Å². The van der Waals surface area contributed by atoms with E-state index < -0.39 is 0 Å². The molecule has 0 aliphatic heterocycles. The fourth-order valence-corrected chi connectivity index (χ4v) is 1.98. The molecular formula is C15H21N3O. The summed E-state index contributed by atoms with van der Waals surface area (Å²) in [5.74, 6) is 0.892. The second kappa shape index (κ2) is 6.38. The lowest BCUT2D eigenvalue weighted by Crippen LogP contribution is -2.12. The van der Waals surface area contributed by atoms with Gasteiger partial charge in [0.2, 0.25) is 0 Å². The lowest BCUT2D eigenvalue weighted by molar-refractivity contribution is 0.414. The van der Waals surface area contributed by atoms with E-state index in [1.807, 2.05) is 16.8 Å². The number of benzene rings is 1. The first kappa shape index (κ1) is 13.6. The first-order chi connectivity index (χ1) is 9.22. The van der Waals surface area contributed by atoms with Gasteiger partial charge in [-0.25, -0.2) is 0 Å². The minimum Gasteiger partial charge on any atom is -0.497 e. The molecule has 4 nitrogen and oxygen atoms in total. The molecule has 0 spiro atoms. The zero-order valence-corrected chi connectivity index (χ0v) is 11.8. The SMILES string of the molecule is CCn1cc(CNCc2ccc(OC)cc2)c(C)n1. The zero-order chi connectivity index (χ0) is 13.7. The van der Waals surface area contributed by atoms with Gasteiger partial charge < -0.3 is 10.1 Å². The van der Waals surface area contributed by atoms with Crippen LogP contribution in [0.5, 0.6) is 5.75 Å².